The number of azide groups is 1. The molecule has 1 heterocycles. The molecular weight excluding hydrogens is 831 g/mol. The first-order chi connectivity index (χ1) is 30.1. The number of carbonyl (C=O) groups is 4. The van der Waals surface area contributed by atoms with Crippen molar-refractivity contribution in [1.82, 2.24) is 20.5 Å². The smallest absolute Gasteiger partial charge is 0.303 e. The number of nitrogens with one attached hydrogen (secondary N) is 2. The van der Waals surface area contributed by atoms with Crippen LogP contribution in [0.1, 0.15) is 109 Å². The fourth-order valence-corrected chi connectivity index (χ4v) is 13.4. The number of thiazole rings is 1. The summed E-state index contributed by atoms with van der Waals surface area (Å²) in [6, 6.07) is 27.8. The van der Waals surface area contributed by atoms with E-state index in [0.29, 0.717) is 24.4 Å². The van der Waals surface area contributed by atoms with Gasteiger partial charge >= 0.3 is 5.97 Å². The molecule has 5 atom stereocenters. The van der Waals surface area contributed by atoms with E-state index in [4.69, 9.17) is 9.16 Å². The van der Waals surface area contributed by atoms with E-state index in [1.807, 2.05) is 101 Å². The maximum atomic E-state index is 14.0. The normalized spacial score (nSPS) is 14.1. The number of aromatic nitrogens is 1. The Morgan fingerprint density at radius 3 is 2.02 bits per heavy atom. The van der Waals surface area contributed by atoms with E-state index in [1.54, 1.807) is 10.3 Å². The molecule has 0 saturated heterocycles. The summed E-state index contributed by atoms with van der Waals surface area (Å²) in [5, 5.41) is 13.8. The number of amides is 3. The first kappa shape index (κ1) is 50.3. The number of hydrogen-bond acceptors (Lipinski definition) is 9. The van der Waals surface area contributed by atoms with Crippen molar-refractivity contribution in [3.05, 3.63) is 123 Å². The van der Waals surface area contributed by atoms with E-state index in [1.165, 1.54) is 6.92 Å². The third-order valence-electron chi connectivity index (χ3n) is 11.4. The molecular formula is C48H65N7O6SSi. The Morgan fingerprint density at radius 1 is 0.921 bits per heavy atom. The second-order valence-corrected chi connectivity index (χ2v) is 22.5. The summed E-state index contributed by atoms with van der Waals surface area (Å²) in [5.74, 6) is -2.00. The summed E-state index contributed by atoms with van der Waals surface area (Å²) in [5.41, 5.74) is 10.2. The number of rotatable bonds is 23. The van der Waals surface area contributed by atoms with Crippen molar-refractivity contribution >= 4 is 53.7 Å². The van der Waals surface area contributed by atoms with Crippen molar-refractivity contribution < 1.29 is 28.3 Å². The van der Waals surface area contributed by atoms with Crippen molar-refractivity contribution in [3.63, 3.8) is 0 Å². The summed E-state index contributed by atoms with van der Waals surface area (Å²) in [4.78, 5) is 63.9. The maximum Gasteiger partial charge on any atom is 0.303 e. The zero-order valence-electron chi connectivity index (χ0n) is 38.2. The van der Waals surface area contributed by atoms with Crippen molar-refractivity contribution in [1.29, 1.82) is 0 Å². The highest BCUT2D eigenvalue weighted by Gasteiger charge is 2.50. The number of esters is 1. The number of carbonyl (C=O) groups excluding carboxylic acids is 4. The van der Waals surface area contributed by atoms with E-state index >= 15 is 0 Å². The average molecular weight is 896 g/mol. The van der Waals surface area contributed by atoms with Gasteiger partial charge in [0.15, 0.2) is 6.10 Å². The summed E-state index contributed by atoms with van der Waals surface area (Å²) >= 11 is 1.16. The van der Waals surface area contributed by atoms with Gasteiger partial charge in [-0.2, -0.15) is 0 Å². The van der Waals surface area contributed by atoms with Crippen LogP contribution in [0, 0.1) is 11.8 Å². The molecule has 0 unspecified atom stereocenters. The molecule has 0 bridgehead atoms. The van der Waals surface area contributed by atoms with Gasteiger partial charge < -0.3 is 24.7 Å². The molecule has 0 aliphatic heterocycles. The van der Waals surface area contributed by atoms with Gasteiger partial charge in [0.2, 0.25) is 11.8 Å². The van der Waals surface area contributed by atoms with Crippen LogP contribution in [-0.2, 0) is 30.0 Å². The van der Waals surface area contributed by atoms with Crippen LogP contribution in [0.3, 0.4) is 0 Å². The number of benzene rings is 3. The molecule has 63 heavy (non-hydrogen) atoms. The highest BCUT2D eigenvalue weighted by atomic mass is 32.1. The molecule has 15 heteroatoms. The molecule has 0 radical (unpaired) electrons. The van der Waals surface area contributed by atoms with Crippen LogP contribution < -0.4 is 21.0 Å². The third kappa shape index (κ3) is 13.3. The van der Waals surface area contributed by atoms with Crippen molar-refractivity contribution in [2.75, 3.05) is 19.7 Å². The summed E-state index contributed by atoms with van der Waals surface area (Å²) in [7, 11) is -2.84. The lowest BCUT2D eigenvalue weighted by Crippen LogP contribution is -2.67. The minimum atomic E-state index is -2.84. The van der Waals surface area contributed by atoms with Crippen LogP contribution >= 0.6 is 11.3 Å². The highest BCUT2D eigenvalue weighted by Crippen LogP contribution is 2.37. The van der Waals surface area contributed by atoms with Gasteiger partial charge in [-0.1, -0.05) is 158 Å². The quantitative estimate of drug-likeness (QED) is 0.0189. The maximum absolute atomic E-state index is 14.0. The summed E-state index contributed by atoms with van der Waals surface area (Å²) in [6.07, 6.45) is 0.854. The highest BCUT2D eigenvalue weighted by molar-refractivity contribution is 7.09. The molecule has 0 aliphatic carbocycles. The Kier molecular flexibility index (Phi) is 19.1. The molecule has 4 rings (SSSR count). The van der Waals surface area contributed by atoms with Gasteiger partial charge in [-0.3, -0.25) is 19.2 Å². The van der Waals surface area contributed by atoms with Gasteiger partial charge in [0.1, 0.15) is 22.8 Å². The largest absolute Gasteiger partial charge is 0.455 e. The van der Waals surface area contributed by atoms with Crippen molar-refractivity contribution in [3.8, 4) is 0 Å². The third-order valence-corrected chi connectivity index (χ3v) is 17.3. The topological polar surface area (TPSA) is 176 Å². The molecule has 4 aromatic rings. The van der Waals surface area contributed by atoms with E-state index in [-0.39, 0.29) is 60.4 Å². The fourth-order valence-electron chi connectivity index (χ4n) is 8.01. The monoisotopic (exact) mass is 895 g/mol. The zero-order valence-corrected chi connectivity index (χ0v) is 40.1. The van der Waals surface area contributed by atoms with Crippen LogP contribution in [0.2, 0.25) is 5.04 Å². The SMILES string of the molecule is CCCN(C(=O)[C@@H](N=[N+]=[N-])[C@@H](C)CC)[C@H](C[C@@H](OC(C)=O)c1nc(C(=O)N[C@@H](Cc2ccccc2)C(=O)NCCO[Si](c2ccccc2)(c2ccccc2)C(C)(C)C)cs1)C(C)C. The minimum absolute atomic E-state index is 0.0656. The van der Waals surface area contributed by atoms with Crippen LogP contribution in [0.4, 0.5) is 0 Å². The van der Waals surface area contributed by atoms with E-state index in [2.05, 4.69) is 70.7 Å². The molecule has 0 aliphatic rings. The van der Waals surface area contributed by atoms with Crippen LogP contribution in [0.5, 0.6) is 0 Å². The Bertz CT molecular complexity index is 2090. The molecule has 3 amide bonds. The lowest BCUT2D eigenvalue weighted by molar-refractivity contribution is -0.149. The Morgan fingerprint density at radius 2 is 1.51 bits per heavy atom. The van der Waals surface area contributed by atoms with Crippen LogP contribution in [0.25, 0.3) is 10.4 Å². The lowest BCUT2D eigenvalue weighted by atomic mass is 9.92. The van der Waals surface area contributed by atoms with Crippen molar-refractivity contribution in [2.45, 2.75) is 117 Å². The molecule has 13 nitrogen and oxygen atoms in total. The second kappa shape index (κ2) is 23.9. The molecule has 0 saturated carbocycles. The lowest BCUT2D eigenvalue weighted by Gasteiger charge is -2.43. The minimum Gasteiger partial charge on any atom is -0.455 e. The molecule has 1 aromatic heterocycles. The van der Waals surface area contributed by atoms with E-state index in [0.717, 1.165) is 27.3 Å². The standard InChI is InChI=1S/C48H65N7O6SSi/c1-10-28-55(47(59)43(53-54-49)34(5)11-2)41(33(3)4)31-42(61-35(6)56)46-52-40(32-62-46)45(58)51-39(30-36-21-15-12-16-22-36)44(57)50-27-29-60-63(48(7,8)9,37-23-17-13-18-24-37)38-25-19-14-20-26-38/h12-26,32-34,39,41-43H,10-11,27-31H2,1-9H3,(H,50,57)(H,51,58)/t34-,39-,41+,42+,43-/m0/s1. The number of ether oxygens (including phenoxy) is 1. The predicted molar refractivity (Wildman–Crippen MR) is 252 cm³/mol. The van der Waals surface area contributed by atoms with Gasteiger partial charge in [-0.05, 0) is 44.8 Å². The number of nitrogens with zero attached hydrogens (tertiary/aromatic N) is 5. The second-order valence-electron chi connectivity index (χ2n) is 17.3. The molecule has 0 spiro atoms. The van der Waals surface area contributed by atoms with Crippen LogP contribution in [0.15, 0.2) is 101 Å². The van der Waals surface area contributed by atoms with Gasteiger partial charge in [-0.15, -0.1) is 11.3 Å². The van der Waals surface area contributed by atoms with Gasteiger partial charge in [-0.25, -0.2) is 4.98 Å². The molecule has 3 aromatic carbocycles. The predicted octanol–water partition coefficient (Wildman–Crippen LogP) is 8.16. The first-order valence-electron chi connectivity index (χ1n) is 21.9. The van der Waals surface area contributed by atoms with Gasteiger partial charge in [0.25, 0.3) is 14.2 Å². The van der Waals surface area contributed by atoms with Gasteiger partial charge in [0.05, 0.1) is 6.61 Å². The van der Waals surface area contributed by atoms with Gasteiger partial charge in [0, 0.05) is 49.2 Å². The Hall–Kier alpha value is -5.34. The Labute approximate surface area is 378 Å². The molecule has 338 valence electrons. The average Bonchev–Trinajstić information content (AvgIpc) is 3.77. The number of hydrogen-bond donors (Lipinski definition) is 2. The molecule has 2 N–H and O–H groups in total. The van der Waals surface area contributed by atoms with Crippen LogP contribution in [-0.4, -0.2) is 79.7 Å². The van der Waals surface area contributed by atoms with E-state index < -0.39 is 44.4 Å². The summed E-state index contributed by atoms with van der Waals surface area (Å²) in [6.45, 7) is 18.5. The first-order valence-corrected chi connectivity index (χ1v) is 24.7. The zero-order chi connectivity index (χ0) is 46.2. The molecule has 0 fully saturated rings. The van der Waals surface area contributed by atoms with E-state index in [9.17, 15) is 24.7 Å². The van der Waals surface area contributed by atoms with Crippen molar-refractivity contribution in [2.24, 2.45) is 17.0 Å². The Balaban J connectivity index is 1.56. The fraction of sp³-hybridized carbons (Fsp3) is 0.479. The summed E-state index contributed by atoms with van der Waals surface area (Å²) < 4.78 is 12.8.